The van der Waals surface area contributed by atoms with Gasteiger partial charge in [0.1, 0.15) is 30.2 Å². The molecular formula is C30H44N6O5Si2. The number of nitrogens with zero attached hydrogens (tertiary/aromatic N) is 5. The van der Waals surface area contributed by atoms with Gasteiger partial charge in [-0.2, -0.15) is 0 Å². The highest BCUT2D eigenvalue weighted by molar-refractivity contribution is 6.74. The molecule has 1 aromatic carbocycles. The van der Waals surface area contributed by atoms with Crippen molar-refractivity contribution in [3.05, 3.63) is 48.0 Å². The number of anilines is 1. The number of imidazole rings is 1. The molecule has 3 aromatic rings. The van der Waals surface area contributed by atoms with Crippen LogP contribution in [0.3, 0.4) is 0 Å². The molecule has 232 valence electrons. The number of hydrogen-bond donors (Lipinski definition) is 1. The van der Waals surface area contributed by atoms with E-state index in [-0.39, 0.29) is 24.2 Å². The number of carbonyl (C=O) groups is 2. The van der Waals surface area contributed by atoms with Gasteiger partial charge in [0, 0.05) is 0 Å². The lowest BCUT2D eigenvalue weighted by molar-refractivity contribution is -0.0372. The number of ether oxygens (including phenoxy) is 1. The largest absolute Gasteiger partial charge is 0.408 e. The first-order valence-corrected chi connectivity index (χ1v) is 20.7. The number of fused-ring (bicyclic) bond motifs is 2. The topological polar surface area (TPSA) is 135 Å². The van der Waals surface area contributed by atoms with Crippen molar-refractivity contribution in [2.75, 3.05) is 12.3 Å². The summed E-state index contributed by atoms with van der Waals surface area (Å²) in [5, 5.41) is 0. The first kappa shape index (κ1) is 31.4. The molecule has 2 aliphatic rings. The summed E-state index contributed by atoms with van der Waals surface area (Å²) in [6.45, 7) is 13.2. The molecule has 0 radical (unpaired) electrons. The maximum Gasteiger partial charge on any atom is 0.261 e. The molecule has 0 bridgehead atoms. The van der Waals surface area contributed by atoms with Gasteiger partial charge in [-0.1, -0.05) is 53.7 Å². The van der Waals surface area contributed by atoms with Crippen LogP contribution in [0.4, 0.5) is 5.82 Å². The van der Waals surface area contributed by atoms with Crippen LogP contribution in [-0.2, 0) is 13.6 Å². The molecule has 2 aliphatic heterocycles. The third kappa shape index (κ3) is 5.46. The van der Waals surface area contributed by atoms with Crippen LogP contribution in [0.15, 0.2) is 36.9 Å². The minimum Gasteiger partial charge on any atom is -0.408 e. The molecule has 0 aliphatic carbocycles. The lowest BCUT2D eigenvalue weighted by Crippen LogP contribution is -2.53. The van der Waals surface area contributed by atoms with E-state index in [4.69, 9.17) is 19.3 Å². The van der Waals surface area contributed by atoms with Crippen molar-refractivity contribution >= 4 is 45.4 Å². The molecule has 0 spiro atoms. The van der Waals surface area contributed by atoms with E-state index >= 15 is 0 Å². The number of benzene rings is 1. The van der Waals surface area contributed by atoms with Crippen LogP contribution < -0.4 is 5.73 Å². The number of aromatic nitrogens is 4. The van der Waals surface area contributed by atoms with E-state index in [2.05, 4.69) is 56.5 Å². The van der Waals surface area contributed by atoms with E-state index in [9.17, 15) is 9.59 Å². The van der Waals surface area contributed by atoms with Crippen LogP contribution in [0.1, 0.15) is 68.5 Å². The van der Waals surface area contributed by atoms with Crippen molar-refractivity contribution in [3.63, 3.8) is 0 Å². The van der Waals surface area contributed by atoms with Crippen molar-refractivity contribution in [2.24, 2.45) is 0 Å². The van der Waals surface area contributed by atoms with Gasteiger partial charge in [-0.15, -0.1) is 0 Å². The second kappa shape index (κ2) is 12.6. The summed E-state index contributed by atoms with van der Waals surface area (Å²) in [6, 6.07) is 12.6. The molecule has 2 aromatic heterocycles. The fraction of sp³-hybridized carbons (Fsp3) is 0.567. The highest BCUT2D eigenvalue weighted by Gasteiger charge is 2.54. The maximum atomic E-state index is 13.5. The molecule has 43 heavy (non-hydrogen) atoms. The molecule has 4 atom stereocenters. The highest BCUT2D eigenvalue weighted by Crippen LogP contribution is 2.42. The average molecular weight is 625 g/mol. The molecular weight excluding hydrogens is 581 g/mol. The average Bonchev–Trinajstić information content (AvgIpc) is 3.68. The van der Waals surface area contributed by atoms with E-state index in [1.807, 2.05) is 4.57 Å². The molecule has 1 fully saturated rings. The Morgan fingerprint density at radius 1 is 0.814 bits per heavy atom. The van der Waals surface area contributed by atoms with Crippen LogP contribution in [0, 0.1) is 0 Å². The Hall–Kier alpha value is -2.98. The van der Waals surface area contributed by atoms with E-state index in [0.29, 0.717) is 22.3 Å². The van der Waals surface area contributed by atoms with Crippen LogP contribution >= 0.6 is 0 Å². The van der Waals surface area contributed by atoms with Crippen molar-refractivity contribution in [1.29, 1.82) is 0 Å². The van der Waals surface area contributed by atoms with Crippen molar-refractivity contribution in [1.82, 2.24) is 24.4 Å². The van der Waals surface area contributed by atoms with E-state index in [1.165, 1.54) is 11.2 Å². The SMILES string of the molecule is CC[Si](CC)(CC)O[C@@H]1[C@H](O[Si](CC)(CC)CC)[C@@H](CN2C(=O)c3ccccc3C2=O)O[C@H]1n1cnc2c(N)ncnc21. The lowest BCUT2D eigenvalue weighted by Gasteiger charge is -2.40. The van der Waals surface area contributed by atoms with Gasteiger partial charge in [-0.3, -0.25) is 19.1 Å². The maximum absolute atomic E-state index is 13.5. The summed E-state index contributed by atoms with van der Waals surface area (Å²) in [7, 11) is -4.40. The smallest absolute Gasteiger partial charge is 0.261 e. The normalized spacial score (nSPS) is 22.6. The minimum atomic E-state index is -2.21. The van der Waals surface area contributed by atoms with Gasteiger partial charge in [0.05, 0.1) is 24.0 Å². The number of nitrogen functional groups attached to an aromatic ring is 1. The Morgan fingerprint density at radius 2 is 1.35 bits per heavy atom. The van der Waals surface area contributed by atoms with Crippen LogP contribution in [0.2, 0.25) is 36.3 Å². The third-order valence-corrected chi connectivity index (χ3v) is 19.1. The second-order valence-corrected chi connectivity index (χ2v) is 21.0. The number of nitrogens with two attached hydrogens (primary N) is 1. The molecule has 5 rings (SSSR count). The van der Waals surface area contributed by atoms with E-state index in [1.54, 1.807) is 30.6 Å². The van der Waals surface area contributed by atoms with Crippen molar-refractivity contribution in [2.45, 2.75) is 102 Å². The zero-order valence-electron chi connectivity index (χ0n) is 26.1. The molecule has 2 amide bonds. The first-order chi connectivity index (χ1) is 20.7. The molecule has 2 N–H and O–H groups in total. The monoisotopic (exact) mass is 624 g/mol. The Balaban J connectivity index is 1.61. The number of hydrogen-bond acceptors (Lipinski definition) is 9. The van der Waals surface area contributed by atoms with Crippen LogP contribution in [0.5, 0.6) is 0 Å². The Labute approximate surface area is 255 Å². The number of imide groups is 1. The Morgan fingerprint density at radius 3 is 1.88 bits per heavy atom. The fourth-order valence-corrected chi connectivity index (χ4v) is 12.3. The standard InChI is InChI=1S/C30H44N6O5Si2/c1-7-42(8-2,9-3)40-24-22(17-35-28(37)20-15-13-14-16-21(20)29(35)38)39-30(25(24)41-43(10-4,11-5)12-6)36-19-34-23-26(31)32-18-33-27(23)36/h13-16,18-19,22,24-25,30H,7-12,17H2,1-6H3,(H2,31,32,33)/t22-,24-,25-,30-/m1/s1. The molecule has 0 saturated carbocycles. The number of amides is 2. The van der Waals surface area contributed by atoms with E-state index in [0.717, 1.165) is 36.3 Å². The molecule has 4 heterocycles. The van der Waals surface area contributed by atoms with Gasteiger partial charge >= 0.3 is 0 Å². The molecule has 11 nitrogen and oxygen atoms in total. The van der Waals surface area contributed by atoms with Gasteiger partial charge in [0.15, 0.2) is 34.3 Å². The second-order valence-electron chi connectivity index (χ2n) is 11.6. The number of carbonyl (C=O) groups excluding carboxylic acids is 2. The first-order valence-electron chi connectivity index (χ1n) is 15.6. The van der Waals surface area contributed by atoms with Gasteiger partial charge < -0.3 is 19.3 Å². The summed E-state index contributed by atoms with van der Waals surface area (Å²) in [4.78, 5) is 41.4. The predicted molar refractivity (Wildman–Crippen MR) is 170 cm³/mol. The fourth-order valence-electron chi connectivity index (χ4n) is 6.57. The number of rotatable bonds is 13. The minimum absolute atomic E-state index is 0.0533. The zero-order chi connectivity index (χ0) is 30.9. The zero-order valence-corrected chi connectivity index (χ0v) is 28.1. The van der Waals surface area contributed by atoms with Crippen LogP contribution in [-0.4, -0.2) is 77.7 Å². The van der Waals surface area contributed by atoms with E-state index < -0.39 is 41.2 Å². The van der Waals surface area contributed by atoms with Crippen molar-refractivity contribution < 1.29 is 23.2 Å². The molecule has 0 unspecified atom stereocenters. The summed E-state index contributed by atoms with van der Waals surface area (Å²) < 4.78 is 23.2. The van der Waals surface area contributed by atoms with Gasteiger partial charge in [-0.25, -0.2) is 15.0 Å². The molecule has 13 heteroatoms. The van der Waals surface area contributed by atoms with Crippen LogP contribution in [0.25, 0.3) is 11.2 Å². The third-order valence-electron chi connectivity index (χ3n) is 9.83. The van der Waals surface area contributed by atoms with Gasteiger partial charge in [0.25, 0.3) is 11.8 Å². The Bertz CT molecular complexity index is 1420. The summed E-state index contributed by atoms with van der Waals surface area (Å²) in [5.41, 5.74) is 7.99. The summed E-state index contributed by atoms with van der Waals surface area (Å²) in [6.07, 6.45) is 0.791. The Kier molecular flexibility index (Phi) is 9.19. The van der Waals surface area contributed by atoms with Gasteiger partial charge in [0.2, 0.25) is 0 Å². The summed E-state index contributed by atoms with van der Waals surface area (Å²) in [5.74, 6) is -0.355. The van der Waals surface area contributed by atoms with Crippen molar-refractivity contribution in [3.8, 4) is 0 Å². The lowest BCUT2D eigenvalue weighted by atomic mass is 10.1. The quantitative estimate of drug-likeness (QED) is 0.196. The molecule has 1 saturated heterocycles. The summed E-state index contributed by atoms with van der Waals surface area (Å²) >= 11 is 0. The highest BCUT2D eigenvalue weighted by atomic mass is 28.4. The van der Waals surface area contributed by atoms with Gasteiger partial charge in [-0.05, 0) is 48.4 Å². The predicted octanol–water partition coefficient (Wildman–Crippen LogP) is 5.38.